The smallest absolute Gasteiger partial charge is 0.407 e. The number of nitriles is 1. The van der Waals surface area contributed by atoms with Crippen LogP contribution in [0, 0.1) is 11.3 Å². The standard InChI is InChI=1S/C42H62N7O9P/c1-28(2)49(29(3)4)59(57-25-12-20-43)58-30(5)26-55-24-13-21-44-38(50)18-19-39(51)47-32(7)41(53)48-31(6)40(52)45-22-23-46-42(54)56-27-37-35-16-10-8-14-33(35)34-15-9-11-17-36(34)37/h8-11,14-17,28-32,37H,12-13,18-19,21-27H2,1-7H3,(H,44,50)(H,45,52)(H,46,54)(H,47,51)(H,48,53)/t30?,31-,32-,59?/m0/s1/i5D. The van der Waals surface area contributed by atoms with Crippen molar-refractivity contribution >= 4 is 38.2 Å². The molecule has 16 nitrogen and oxygen atoms in total. The van der Waals surface area contributed by atoms with Crippen LogP contribution < -0.4 is 26.6 Å². The van der Waals surface area contributed by atoms with Crippen LogP contribution in [-0.4, -0.2) is 111 Å². The minimum atomic E-state index is -1.50. The van der Waals surface area contributed by atoms with Crippen LogP contribution in [0.15, 0.2) is 48.5 Å². The molecule has 2 unspecified atom stereocenters. The molecule has 4 atom stereocenters. The van der Waals surface area contributed by atoms with Crippen LogP contribution in [0.1, 0.15) is 92.5 Å². The first-order chi connectivity index (χ1) is 28.8. The molecule has 0 bridgehead atoms. The number of ether oxygens (including phenoxy) is 2. The SMILES string of the molecule is [2H]CC(COCCCNC(=O)CCC(=O)N[C@@H](C)C(=O)N[C@@H](C)C(=O)NCCNC(=O)OCC1c2ccccc2-c2ccccc21)OP(OCCC#N)N(C(C)C)C(C)C. The Balaban J connectivity index is 1.24. The second-order valence-corrected chi connectivity index (χ2v) is 16.0. The van der Waals surface area contributed by atoms with Crippen molar-refractivity contribution in [3.8, 4) is 17.2 Å². The number of carbonyl (C=O) groups excluding carboxylic acids is 5. The molecule has 0 aromatic heterocycles. The molecule has 0 radical (unpaired) electrons. The van der Waals surface area contributed by atoms with Gasteiger partial charge < -0.3 is 45.1 Å². The van der Waals surface area contributed by atoms with Crippen molar-refractivity contribution in [3.05, 3.63) is 59.7 Å². The topological polar surface area (TPSA) is 209 Å². The number of nitrogens with one attached hydrogen (secondary N) is 5. The molecule has 1 aliphatic rings. The number of alkyl carbamates (subject to hydrolysis) is 1. The highest BCUT2D eigenvalue weighted by Crippen LogP contribution is 2.47. The fourth-order valence-corrected chi connectivity index (χ4v) is 7.94. The monoisotopic (exact) mass is 840 g/mol. The maximum Gasteiger partial charge on any atom is 0.407 e. The molecule has 3 rings (SSSR count). The predicted octanol–water partition coefficient (Wildman–Crippen LogP) is 4.63. The van der Waals surface area contributed by atoms with Crippen molar-refractivity contribution in [2.75, 3.05) is 46.1 Å². The zero-order valence-electron chi connectivity index (χ0n) is 36.1. The summed E-state index contributed by atoms with van der Waals surface area (Å²) in [6.45, 7) is 12.5. The molecule has 5 amide bonds. The lowest BCUT2D eigenvalue weighted by atomic mass is 9.98. The zero-order chi connectivity index (χ0) is 44.0. The van der Waals surface area contributed by atoms with Gasteiger partial charge in [0, 0.05) is 58.5 Å². The maximum atomic E-state index is 12.7. The van der Waals surface area contributed by atoms with E-state index in [0.29, 0.717) is 19.6 Å². The molecule has 0 spiro atoms. The van der Waals surface area contributed by atoms with E-state index in [1.807, 2.05) is 64.1 Å². The van der Waals surface area contributed by atoms with Gasteiger partial charge in [0.15, 0.2) is 0 Å². The first-order valence-corrected chi connectivity index (χ1v) is 21.2. The summed E-state index contributed by atoms with van der Waals surface area (Å²) in [5.41, 5.74) is 4.47. The summed E-state index contributed by atoms with van der Waals surface area (Å²) < 4.78 is 33.3. The van der Waals surface area contributed by atoms with E-state index in [9.17, 15) is 24.0 Å². The van der Waals surface area contributed by atoms with Crippen LogP contribution in [0.3, 0.4) is 0 Å². The number of carbonyl (C=O) groups is 5. The van der Waals surface area contributed by atoms with E-state index < -0.39 is 50.5 Å². The summed E-state index contributed by atoms with van der Waals surface area (Å²) in [5.74, 6) is -1.96. The maximum absolute atomic E-state index is 12.7. The van der Waals surface area contributed by atoms with Gasteiger partial charge in [-0.1, -0.05) is 48.5 Å². The summed E-state index contributed by atoms with van der Waals surface area (Å²) in [4.78, 5) is 62.4. The number of amides is 5. The van der Waals surface area contributed by atoms with Crippen LogP contribution in [0.2, 0.25) is 0 Å². The highest BCUT2D eigenvalue weighted by atomic mass is 31.2. The van der Waals surface area contributed by atoms with Gasteiger partial charge in [0.2, 0.25) is 23.6 Å². The second-order valence-electron chi connectivity index (χ2n) is 14.6. The van der Waals surface area contributed by atoms with E-state index in [2.05, 4.69) is 49.5 Å². The van der Waals surface area contributed by atoms with Gasteiger partial charge in [-0.3, -0.25) is 19.2 Å². The Bertz CT molecular complexity index is 1690. The Labute approximate surface area is 351 Å². The van der Waals surface area contributed by atoms with Gasteiger partial charge in [0.1, 0.15) is 18.7 Å². The molecule has 324 valence electrons. The van der Waals surface area contributed by atoms with Crippen molar-refractivity contribution in [3.63, 3.8) is 0 Å². The average Bonchev–Trinajstić information content (AvgIpc) is 3.54. The van der Waals surface area contributed by atoms with Crippen molar-refractivity contribution in [1.29, 1.82) is 5.26 Å². The van der Waals surface area contributed by atoms with Gasteiger partial charge in [-0.15, -0.1) is 0 Å². The predicted molar refractivity (Wildman–Crippen MR) is 225 cm³/mol. The first kappa shape index (κ1) is 47.0. The lowest BCUT2D eigenvalue weighted by Crippen LogP contribution is -2.52. The Morgan fingerprint density at radius 2 is 1.41 bits per heavy atom. The fraction of sp³-hybridized carbons (Fsp3) is 0.571. The van der Waals surface area contributed by atoms with Crippen molar-refractivity contribution < 1.29 is 43.9 Å². The third kappa shape index (κ3) is 16.5. The van der Waals surface area contributed by atoms with E-state index >= 15 is 0 Å². The quantitative estimate of drug-likeness (QED) is 0.0652. The average molecular weight is 841 g/mol. The van der Waals surface area contributed by atoms with Gasteiger partial charge in [-0.25, -0.2) is 9.46 Å². The lowest BCUT2D eigenvalue weighted by molar-refractivity contribution is -0.132. The largest absolute Gasteiger partial charge is 0.449 e. The Morgan fingerprint density at radius 3 is 2.03 bits per heavy atom. The fourth-order valence-electron chi connectivity index (χ4n) is 6.32. The molecule has 2 aromatic carbocycles. The minimum Gasteiger partial charge on any atom is -0.449 e. The van der Waals surface area contributed by atoms with Crippen molar-refractivity contribution in [1.82, 2.24) is 31.3 Å². The summed E-state index contributed by atoms with van der Waals surface area (Å²) in [5, 5.41) is 22.0. The first-order valence-electron chi connectivity index (χ1n) is 20.8. The normalized spacial score (nSPS) is 14.3. The van der Waals surface area contributed by atoms with Gasteiger partial charge >= 0.3 is 6.09 Å². The molecule has 5 N–H and O–H groups in total. The van der Waals surface area contributed by atoms with E-state index in [-0.39, 0.29) is 83.0 Å². The number of rotatable bonds is 26. The van der Waals surface area contributed by atoms with Crippen LogP contribution in [-0.2, 0) is 37.7 Å². The Morgan fingerprint density at radius 1 is 0.797 bits per heavy atom. The molecule has 1 aliphatic carbocycles. The van der Waals surface area contributed by atoms with Gasteiger partial charge in [-0.05, 0) is 77.1 Å². The van der Waals surface area contributed by atoms with Gasteiger partial charge in [-0.2, -0.15) is 5.26 Å². The zero-order valence-corrected chi connectivity index (χ0v) is 36.0. The number of hydrogen-bond acceptors (Lipinski definition) is 11. The minimum absolute atomic E-state index is 0.0368. The third-order valence-electron chi connectivity index (χ3n) is 9.13. The Hall–Kier alpha value is -4.65. The summed E-state index contributed by atoms with van der Waals surface area (Å²) in [7, 11) is -1.50. The van der Waals surface area contributed by atoms with E-state index in [1.54, 1.807) is 0 Å². The summed E-state index contributed by atoms with van der Waals surface area (Å²) in [6, 6.07) is 16.5. The molecule has 0 aliphatic heterocycles. The summed E-state index contributed by atoms with van der Waals surface area (Å²) >= 11 is 0. The Kier molecular flexibility index (Phi) is 20.5. The second kappa shape index (κ2) is 25.8. The van der Waals surface area contributed by atoms with Crippen molar-refractivity contribution in [2.45, 2.75) is 110 Å². The number of hydrogen-bond donors (Lipinski definition) is 5. The molecule has 59 heavy (non-hydrogen) atoms. The number of nitrogens with zero attached hydrogens (tertiary/aromatic N) is 2. The van der Waals surface area contributed by atoms with Crippen LogP contribution in [0.5, 0.6) is 0 Å². The van der Waals surface area contributed by atoms with Crippen molar-refractivity contribution in [2.24, 2.45) is 0 Å². The molecule has 0 saturated heterocycles. The third-order valence-corrected chi connectivity index (χ3v) is 11.3. The van der Waals surface area contributed by atoms with Gasteiger partial charge in [0.25, 0.3) is 8.53 Å². The number of fused-ring (bicyclic) bond motifs is 3. The van der Waals surface area contributed by atoms with Crippen LogP contribution >= 0.6 is 8.53 Å². The van der Waals surface area contributed by atoms with Gasteiger partial charge in [0.05, 0.1) is 31.8 Å². The molecule has 0 fully saturated rings. The molecule has 2 aromatic rings. The van der Waals surface area contributed by atoms with Crippen LogP contribution in [0.25, 0.3) is 11.1 Å². The molecule has 17 heteroatoms. The number of benzene rings is 2. The molecule has 0 saturated carbocycles. The van der Waals surface area contributed by atoms with E-state index in [4.69, 9.17) is 25.2 Å². The highest BCUT2D eigenvalue weighted by Gasteiger charge is 2.30. The molecular formula is C42H62N7O9P. The van der Waals surface area contributed by atoms with Crippen LogP contribution in [0.4, 0.5) is 4.79 Å². The lowest BCUT2D eigenvalue weighted by Gasteiger charge is -2.36. The molecular weight excluding hydrogens is 777 g/mol. The highest BCUT2D eigenvalue weighted by molar-refractivity contribution is 7.44. The van der Waals surface area contributed by atoms with E-state index in [0.717, 1.165) is 22.3 Å². The molecule has 0 heterocycles. The summed E-state index contributed by atoms with van der Waals surface area (Å²) in [6.07, 6.45) is -0.634. The van der Waals surface area contributed by atoms with E-state index in [1.165, 1.54) is 13.8 Å².